The number of fused-ring (bicyclic) bond motifs is 1. The van der Waals surface area contributed by atoms with E-state index < -0.39 is 0 Å². The third-order valence-corrected chi connectivity index (χ3v) is 6.38. The van der Waals surface area contributed by atoms with E-state index in [0.717, 1.165) is 16.6 Å². The van der Waals surface area contributed by atoms with E-state index in [-0.39, 0.29) is 11.9 Å². The van der Waals surface area contributed by atoms with Crippen LogP contribution >= 0.6 is 11.3 Å². The minimum absolute atomic E-state index is 0.0727. The Bertz CT molecular complexity index is 893. The topological polar surface area (TPSA) is 69.9 Å². The van der Waals surface area contributed by atoms with Crippen molar-refractivity contribution in [1.82, 2.24) is 4.57 Å². The molecule has 0 unspecified atom stereocenters. The van der Waals surface area contributed by atoms with Crippen LogP contribution in [0.2, 0.25) is 0 Å². The summed E-state index contributed by atoms with van der Waals surface area (Å²) in [6, 6.07) is 5.40. The minimum atomic E-state index is -0.374. The molecule has 1 heterocycles. The van der Waals surface area contributed by atoms with Crippen LogP contribution in [-0.2, 0) is 20.8 Å². The molecule has 1 aromatic heterocycles. The quantitative estimate of drug-likeness (QED) is 0.656. The Labute approximate surface area is 169 Å². The molecule has 1 fully saturated rings. The normalized spacial score (nSPS) is 15.9. The third kappa shape index (κ3) is 5.08. The number of amides is 1. The molecule has 6 nitrogen and oxygen atoms in total. The van der Waals surface area contributed by atoms with Crippen molar-refractivity contribution in [3.63, 3.8) is 0 Å². The van der Waals surface area contributed by atoms with Crippen LogP contribution < -0.4 is 4.80 Å². The standard InChI is InChI=1S/C21H28N2O4S/c1-26-13-12-23-17-10-9-16(20(25)27-2)14-18(17)28-21(23)22-19(24)11-8-15-6-4-3-5-7-15/h9-10,14-15H,3-8,11-13H2,1-2H3. The summed E-state index contributed by atoms with van der Waals surface area (Å²) in [4.78, 5) is 29.4. The van der Waals surface area contributed by atoms with Crippen LogP contribution in [0.25, 0.3) is 10.2 Å². The molecule has 1 amide bonds. The van der Waals surface area contributed by atoms with E-state index in [2.05, 4.69) is 4.99 Å². The number of benzene rings is 1. The zero-order valence-electron chi connectivity index (χ0n) is 16.6. The van der Waals surface area contributed by atoms with Gasteiger partial charge in [0.05, 0.1) is 29.5 Å². The number of aromatic nitrogens is 1. The van der Waals surface area contributed by atoms with Gasteiger partial charge < -0.3 is 14.0 Å². The highest BCUT2D eigenvalue weighted by atomic mass is 32.1. The average molecular weight is 405 g/mol. The Kier molecular flexibility index (Phi) is 7.39. The number of carbonyl (C=O) groups excluding carboxylic acids is 2. The van der Waals surface area contributed by atoms with Gasteiger partial charge in [-0.3, -0.25) is 4.79 Å². The van der Waals surface area contributed by atoms with Gasteiger partial charge in [0.15, 0.2) is 4.80 Å². The molecule has 1 aromatic carbocycles. The number of methoxy groups -OCH3 is 2. The van der Waals surface area contributed by atoms with Gasteiger partial charge in [0, 0.05) is 20.1 Å². The predicted octanol–water partition coefficient (Wildman–Crippen LogP) is 3.92. The van der Waals surface area contributed by atoms with E-state index >= 15 is 0 Å². The summed E-state index contributed by atoms with van der Waals surface area (Å²) in [6.07, 6.45) is 7.79. The molecule has 0 aliphatic heterocycles. The number of hydrogen-bond acceptors (Lipinski definition) is 5. The summed E-state index contributed by atoms with van der Waals surface area (Å²) in [5.41, 5.74) is 1.43. The molecular formula is C21H28N2O4S. The number of nitrogens with zero attached hydrogens (tertiary/aromatic N) is 2. The van der Waals surface area contributed by atoms with Gasteiger partial charge in [-0.25, -0.2) is 4.79 Å². The van der Waals surface area contributed by atoms with Crippen LogP contribution in [0.4, 0.5) is 0 Å². The first-order chi connectivity index (χ1) is 13.6. The molecule has 0 atom stereocenters. The predicted molar refractivity (Wildman–Crippen MR) is 109 cm³/mol. The van der Waals surface area contributed by atoms with Gasteiger partial charge in [0.2, 0.25) is 5.91 Å². The van der Waals surface area contributed by atoms with Crippen LogP contribution in [0.15, 0.2) is 23.2 Å². The van der Waals surface area contributed by atoms with Crippen LogP contribution in [0.5, 0.6) is 0 Å². The summed E-state index contributed by atoms with van der Waals surface area (Å²) in [5, 5.41) is 0. The highest BCUT2D eigenvalue weighted by Gasteiger charge is 2.15. The number of ether oxygens (including phenoxy) is 2. The summed E-state index contributed by atoms with van der Waals surface area (Å²) >= 11 is 1.42. The maximum atomic E-state index is 12.5. The molecule has 0 saturated heterocycles. The number of carbonyl (C=O) groups is 2. The van der Waals surface area contributed by atoms with E-state index in [9.17, 15) is 9.59 Å². The maximum absolute atomic E-state index is 12.5. The van der Waals surface area contributed by atoms with Crippen LogP contribution in [0.1, 0.15) is 55.3 Å². The number of thiazole rings is 1. The van der Waals surface area contributed by atoms with Gasteiger partial charge in [-0.1, -0.05) is 43.4 Å². The Morgan fingerprint density at radius 1 is 1.21 bits per heavy atom. The first-order valence-corrected chi connectivity index (χ1v) is 10.7. The van der Waals surface area contributed by atoms with Crippen LogP contribution in [0, 0.1) is 5.92 Å². The van der Waals surface area contributed by atoms with Crippen LogP contribution in [-0.4, -0.2) is 37.3 Å². The fourth-order valence-electron chi connectivity index (χ4n) is 3.77. The van der Waals surface area contributed by atoms with Gasteiger partial charge in [-0.05, 0) is 30.5 Å². The van der Waals surface area contributed by atoms with E-state index in [1.54, 1.807) is 19.2 Å². The number of hydrogen-bond donors (Lipinski definition) is 0. The van der Waals surface area contributed by atoms with Crippen LogP contribution in [0.3, 0.4) is 0 Å². The average Bonchev–Trinajstić information content (AvgIpc) is 3.06. The fraction of sp³-hybridized carbons (Fsp3) is 0.571. The minimum Gasteiger partial charge on any atom is -0.465 e. The maximum Gasteiger partial charge on any atom is 0.337 e. The molecule has 1 saturated carbocycles. The lowest BCUT2D eigenvalue weighted by Gasteiger charge is -2.20. The summed E-state index contributed by atoms with van der Waals surface area (Å²) in [5.74, 6) is 0.218. The summed E-state index contributed by atoms with van der Waals surface area (Å²) in [6.45, 7) is 1.12. The molecule has 7 heteroatoms. The van der Waals surface area contributed by atoms with Crippen molar-refractivity contribution in [3.8, 4) is 0 Å². The molecule has 0 radical (unpaired) electrons. The second kappa shape index (κ2) is 9.98. The highest BCUT2D eigenvalue weighted by Crippen LogP contribution is 2.27. The lowest BCUT2D eigenvalue weighted by atomic mass is 9.86. The zero-order valence-corrected chi connectivity index (χ0v) is 17.4. The van der Waals surface area contributed by atoms with Crippen molar-refractivity contribution in [2.24, 2.45) is 10.9 Å². The van der Waals surface area contributed by atoms with Gasteiger partial charge in [-0.15, -0.1) is 0 Å². The zero-order chi connectivity index (χ0) is 19.9. The van der Waals surface area contributed by atoms with Crippen molar-refractivity contribution in [2.45, 2.75) is 51.5 Å². The van der Waals surface area contributed by atoms with E-state index in [0.29, 0.717) is 35.9 Å². The third-order valence-electron chi connectivity index (χ3n) is 5.33. The molecular weight excluding hydrogens is 376 g/mol. The first kappa shape index (κ1) is 20.7. The summed E-state index contributed by atoms with van der Waals surface area (Å²) < 4.78 is 12.9. The van der Waals surface area contributed by atoms with E-state index in [1.165, 1.54) is 50.6 Å². The fourth-order valence-corrected chi connectivity index (χ4v) is 4.88. The monoisotopic (exact) mass is 404 g/mol. The Morgan fingerprint density at radius 3 is 2.71 bits per heavy atom. The second-order valence-corrected chi connectivity index (χ2v) is 8.26. The Hall–Kier alpha value is -1.99. The second-order valence-electron chi connectivity index (χ2n) is 7.25. The molecule has 0 bridgehead atoms. The van der Waals surface area contributed by atoms with Crippen molar-refractivity contribution in [3.05, 3.63) is 28.6 Å². The smallest absolute Gasteiger partial charge is 0.337 e. The van der Waals surface area contributed by atoms with E-state index in [4.69, 9.17) is 9.47 Å². The van der Waals surface area contributed by atoms with Crippen molar-refractivity contribution >= 4 is 33.4 Å². The molecule has 0 spiro atoms. The highest BCUT2D eigenvalue weighted by molar-refractivity contribution is 7.16. The Morgan fingerprint density at radius 2 is 2.00 bits per heavy atom. The van der Waals surface area contributed by atoms with Crippen molar-refractivity contribution in [2.75, 3.05) is 20.8 Å². The lowest BCUT2D eigenvalue weighted by molar-refractivity contribution is -0.118. The molecule has 2 aromatic rings. The molecule has 152 valence electrons. The largest absolute Gasteiger partial charge is 0.465 e. The van der Waals surface area contributed by atoms with Crippen molar-refractivity contribution < 1.29 is 19.1 Å². The Balaban J connectivity index is 1.85. The first-order valence-electron chi connectivity index (χ1n) is 9.90. The van der Waals surface area contributed by atoms with Gasteiger partial charge in [-0.2, -0.15) is 4.99 Å². The molecule has 0 N–H and O–H groups in total. The van der Waals surface area contributed by atoms with Gasteiger partial charge in [0.1, 0.15) is 0 Å². The molecule has 28 heavy (non-hydrogen) atoms. The SMILES string of the molecule is COCCn1c(=NC(=O)CCC2CCCCC2)sc2cc(C(=O)OC)ccc21. The molecule has 3 rings (SSSR count). The van der Waals surface area contributed by atoms with Gasteiger partial charge >= 0.3 is 5.97 Å². The molecule has 1 aliphatic rings. The van der Waals surface area contributed by atoms with Crippen molar-refractivity contribution in [1.29, 1.82) is 0 Å². The molecule has 1 aliphatic carbocycles. The van der Waals surface area contributed by atoms with Gasteiger partial charge in [0.25, 0.3) is 0 Å². The summed E-state index contributed by atoms with van der Waals surface area (Å²) in [7, 11) is 3.02. The number of esters is 1. The number of rotatable bonds is 7. The lowest BCUT2D eigenvalue weighted by Crippen LogP contribution is -2.19. The van der Waals surface area contributed by atoms with E-state index in [1.807, 2.05) is 10.6 Å².